The maximum Gasteiger partial charge on any atom is 0.262 e. The number of nitrogens with one attached hydrogen (secondary N) is 1. The molecule has 0 aliphatic carbocycles. The van der Waals surface area contributed by atoms with Crippen LogP contribution in [0.15, 0.2) is 48.5 Å². The molecule has 0 spiro atoms. The molecule has 0 fully saturated rings. The molecule has 0 radical (unpaired) electrons. The van der Waals surface area contributed by atoms with Crippen molar-refractivity contribution in [2.45, 2.75) is 20.8 Å². The van der Waals surface area contributed by atoms with Crippen LogP contribution in [-0.4, -0.2) is 12.5 Å². The number of anilines is 1. The van der Waals surface area contributed by atoms with E-state index < -0.39 is 5.82 Å². The van der Waals surface area contributed by atoms with Crippen molar-refractivity contribution in [1.82, 2.24) is 0 Å². The first-order valence-corrected chi connectivity index (χ1v) is 6.89. The molecule has 0 heterocycles. The third-order valence-electron chi connectivity index (χ3n) is 2.53. The van der Waals surface area contributed by atoms with Gasteiger partial charge < -0.3 is 10.1 Å². The fraction of sp³-hybridized carbons (Fsp3) is 0.235. The Kier molecular flexibility index (Phi) is 6.95. The van der Waals surface area contributed by atoms with E-state index in [9.17, 15) is 9.18 Å². The van der Waals surface area contributed by atoms with Crippen LogP contribution in [0.5, 0.6) is 5.75 Å². The molecule has 1 amide bonds. The first kappa shape index (κ1) is 16.7. The summed E-state index contributed by atoms with van der Waals surface area (Å²) < 4.78 is 18.4. The van der Waals surface area contributed by atoms with Crippen molar-refractivity contribution in [3.63, 3.8) is 0 Å². The van der Waals surface area contributed by atoms with Gasteiger partial charge in [0.25, 0.3) is 5.91 Å². The van der Waals surface area contributed by atoms with Gasteiger partial charge in [0, 0.05) is 5.69 Å². The van der Waals surface area contributed by atoms with Crippen LogP contribution < -0.4 is 10.1 Å². The molecule has 4 heteroatoms. The van der Waals surface area contributed by atoms with Crippen molar-refractivity contribution in [3.05, 3.63) is 59.9 Å². The molecule has 0 aliphatic heterocycles. The molecule has 0 saturated carbocycles. The topological polar surface area (TPSA) is 38.3 Å². The predicted molar refractivity (Wildman–Crippen MR) is 83.1 cm³/mol. The second-order valence-electron chi connectivity index (χ2n) is 4.13. The minimum atomic E-state index is -0.481. The molecule has 3 nitrogen and oxygen atoms in total. The predicted octanol–water partition coefficient (Wildman–Crippen LogP) is 4.18. The Morgan fingerprint density at radius 3 is 2.33 bits per heavy atom. The average molecular weight is 289 g/mol. The van der Waals surface area contributed by atoms with E-state index in [0.29, 0.717) is 5.69 Å². The number of hydrogen-bond acceptors (Lipinski definition) is 2. The van der Waals surface area contributed by atoms with E-state index >= 15 is 0 Å². The number of para-hydroxylation sites is 1. The Morgan fingerprint density at radius 1 is 1.10 bits per heavy atom. The summed E-state index contributed by atoms with van der Waals surface area (Å²) in [5.74, 6) is -0.737. The molecule has 2 rings (SSSR count). The zero-order valence-corrected chi connectivity index (χ0v) is 12.5. The lowest BCUT2D eigenvalue weighted by Gasteiger charge is -2.08. The van der Waals surface area contributed by atoms with Crippen molar-refractivity contribution in [2.75, 3.05) is 11.9 Å². The summed E-state index contributed by atoms with van der Waals surface area (Å²) in [5, 5.41) is 2.67. The van der Waals surface area contributed by atoms with Crippen LogP contribution in [0.3, 0.4) is 0 Å². The third-order valence-corrected chi connectivity index (χ3v) is 2.53. The zero-order chi connectivity index (χ0) is 15.7. The molecule has 0 saturated heterocycles. The maximum atomic E-state index is 13.3. The Hall–Kier alpha value is -2.36. The van der Waals surface area contributed by atoms with Crippen LogP contribution in [-0.2, 0) is 4.79 Å². The summed E-state index contributed by atoms with van der Waals surface area (Å²) in [7, 11) is 0. The third kappa shape index (κ3) is 5.65. The van der Waals surface area contributed by atoms with Crippen molar-refractivity contribution < 1.29 is 13.9 Å². The minimum Gasteiger partial charge on any atom is -0.481 e. The van der Waals surface area contributed by atoms with E-state index in [2.05, 4.69) is 5.32 Å². The minimum absolute atomic E-state index is 0.0709. The summed E-state index contributed by atoms with van der Waals surface area (Å²) >= 11 is 0. The van der Waals surface area contributed by atoms with Gasteiger partial charge in [-0.3, -0.25) is 4.79 Å². The summed E-state index contributed by atoms with van der Waals surface area (Å²) in [4.78, 5) is 11.6. The number of rotatable bonds is 4. The number of carbonyl (C=O) groups excluding carboxylic acids is 1. The Morgan fingerprint density at radius 2 is 1.71 bits per heavy atom. The summed E-state index contributed by atoms with van der Waals surface area (Å²) in [6.07, 6.45) is 0. The van der Waals surface area contributed by atoms with E-state index in [0.717, 1.165) is 5.56 Å². The number of carbonyl (C=O) groups is 1. The number of halogens is 1. The van der Waals surface area contributed by atoms with Gasteiger partial charge in [0.1, 0.15) is 0 Å². The van der Waals surface area contributed by atoms with Gasteiger partial charge >= 0.3 is 0 Å². The van der Waals surface area contributed by atoms with Gasteiger partial charge in [-0.15, -0.1) is 0 Å². The molecule has 21 heavy (non-hydrogen) atoms. The van der Waals surface area contributed by atoms with E-state index in [1.807, 2.05) is 32.9 Å². The largest absolute Gasteiger partial charge is 0.481 e. The molecule has 2 aromatic carbocycles. The van der Waals surface area contributed by atoms with Crippen molar-refractivity contribution >= 4 is 11.6 Å². The Bertz CT molecular complexity index is 567. The number of aryl methyl sites for hydroxylation is 1. The van der Waals surface area contributed by atoms with Crippen LogP contribution >= 0.6 is 0 Å². The van der Waals surface area contributed by atoms with Gasteiger partial charge in [-0.25, -0.2) is 4.39 Å². The zero-order valence-electron chi connectivity index (χ0n) is 12.5. The normalized spacial score (nSPS) is 9.33. The van der Waals surface area contributed by atoms with Gasteiger partial charge in [0.2, 0.25) is 0 Å². The van der Waals surface area contributed by atoms with Gasteiger partial charge in [-0.05, 0) is 31.2 Å². The lowest BCUT2D eigenvalue weighted by Crippen LogP contribution is -2.20. The molecular formula is C17H20FNO2. The number of ether oxygens (including phenoxy) is 1. The van der Waals surface area contributed by atoms with E-state index in [-0.39, 0.29) is 18.3 Å². The fourth-order valence-electron chi connectivity index (χ4n) is 1.54. The van der Waals surface area contributed by atoms with Crippen LogP contribution in [0, 0.1) is 12.7 Å². The van der Waals surface area contributed by atoms with Gasteiger partial charge in [-0.1, -0.05) is 43.7 Å². The SMILES string of the molecule is CC.Cc1ccc(NC(=O)COc2ccccc2F)cc1. The lowest BCUT2D eigenvalue weighted by molar-refractivity contribution is -0.118. The lowest BCUT2D eigenvalue weighted by atomic mass is 10.2. The smallest absolute Gasteiger partial charge is 0.262 e. The van der Waals surface area contributed by atoms with Gasteiger partial charge in [-0.2, -0.15) is 0 Å². The molecule has 2 aromatic rings. The average Bonchev–Trinajstić information content (AvgIpc) is 2.51. The van der Waals surface area contributed by atoms with E-state index in [4.69, 9.17) is 4.74 Å². The summed E-state index contributed by atoms with van der Waals surface area (Å²) in [6, 6.07) is 13.4. The monoisotopic (exact) mass is 289 g/mol. The van der Waals surface area contributed by atoms with Crippen molar-refractivity contribution in [1.29, 1.82) is 0 Å². The number of hydrogen-bond donors (Lipinski definition) is 1. The van der Waals surface area contributed by atoms with Crippen LogP contribution in [0.4, 0.5) is 10.1 Å². The molecule has 0 unspecified atom stereocenters. The van der Waals surface area contributed by atoms with E-state index in [1.54, 1.807) is 24.3 Å². The molecule has 0 aliphatic rings. The number of benzene rings is 2. The molecule has 112 valence electrons. The highest BCUT2D eigenvalue weighted by Crippen LogP contribution is 2.15. The van der Waals surface area contributed by atoms with Crippen molar-refractivity contribution in [3.8, 4) is 5.75 Å². The first-order valence-electron chi connectivity index (χ1n) is 6.89. The van der Waals surface area contributed by atoms with Gasteiger partial charge in [0.15, 0.2) is 18.2 Å². The Balaban J connectivity index is 0.00000106. The highest BCUT2D eigenvalue weighted by atomic mass is 19.1. The first-order chi connectivity index (χ1) is 10.1. The molecule has 1 N–H and O–H groups in total. The quantitative estimate of drug-likeness (QED) is 0.917. The van der Waals surface area contributed by atoms with Gasteiger partial charge in [0.05, 0.1) is 0 Å². The molecule has 0 bridgehead atoms. The van der Waals surface area contributed by atoms with E-state index in [1.165, 1.54) is 12.1 Å². The number of amides is 1. The Labute approximate surface area is 124 Å². The van der Waals surface area contributed by atoms with Crippen molar-refractivity contribution in [2.24, 2.45) is 0 Å². The second kappa shape index (κ2) is 8.74. The molecule has 0 aromatic heterocycles. The highest BCUT2D eigenvalue weighted by molar-refractivity contribution is 5.91. The standard InChI is InChI=1S/C15H14FNO2.C2H6/c1-11-6-8-12(9-7-11)17-15(18)10-19-14-5-3-2-4-13(14)16;1-2/h2-9H,10H2,1H3,(H,17,18);1-2H3. The summed E-state index contributed by atoms with van der Waals surface area (Å²) in [6.45, 7) is 5.74. The highest BCUT2D eigenvalue weighted by Gasteiger charge is 2.06. The fourth-order valence-corrected chi connectivity index (χ4v) is 1.54. The maximum absolute atomic E-state index is 13.3. The second-order valence-corrected chi connectivity index (χ2v) is 4.13. The molecular weight excluding hydrogens is 269 g/mol. The molecule has 0 atom stereocenters. The van der Waals surface area contributed by atoms with Crippen LogP contribution in [0.1, 0.15) is 19.4 Å². The summed E-state index contributed by atoms with van der Waals surface area (Å²) in [5.41, 5.74) is 1.80. The van der Waals surface area contributed by atoms with Crippen LogP contribution in [0.25, 0.3) is 0 Å². The van der Waals surface area contributed by atoms with Crippen LogP contribution in [0.2, 0.25) is 0 Å².